The van der Waals surface area contributed by atoms with Gasteiger partial charge in [0.05, 0.1) is 5.01 Å². The van der Waals surface area contributed by atoms with Crippen LogP contribution in [0, 0.1) is 6.92 Å². The molecule has 1 aliphatic heterocycles. The van der Waals surface area contributed by atoms with Gasteiger partial charge >= 0.3 is 0 Å². The number of pyridine rings is 1. The van der Waals surface area contributed by atoms with Crippen LogP contribution in [0.4, 0.5) is 0 Å². The van der Waals surface area contributed by atoms with E-state index >= 15 is 0 Å². The molecule has 128 valence electrons. The predicted octanol–water partition coefficient (Wildman–Crippen LogP) is 2.73. The number of hydrogen-bond acceptors (Lipinski definition) is 5. The molecule has 1 atom stereocenters. The van der Waals surface area contributed by atoms with Gasteiger partial charge in [-0.2, -0.15) is 0 Å². The molecule has 1 fully saturated rings. The molecule has 0 aromatic carbocycles. The molecule has 5 nitrogen and oxygen atoms in total. The molecule has 0 spiro atoms. The number of carbonyl (C=O) groups excluding carboxylic acids is 1. The Labute approximate surface area is 147 Å². The maximum absolute atomic E-state index is 12.8. The molecular weight excluding hydrogens is 320 g/mol. The second kappa shape index (κ2) is 8.35. The minimum Gasteiger partial charge on any atom is -0.354 e. The van der Waals surface area contributed by atoms with Gasteiger partial charge in [-0.05, 0) is 50.9 Å². The number of rotatable bonds is 7. The topological polar surface area (TPSA) is 58.1 Å². The first-order valence-corrected chi connectivity index (χ1v) is 9.45. The van der Waals surface area contributed by atoms with E-state index in [4.69, 9.17) is 0 Å². The maximum atomic E-state index is 12.8. The Morgan fingerprint density at radius 3 is 2.92 bits per heavy atom. The summed E-state index contributed by atoms with van der Waals surface area (Å²) in [6, 6.07) is 3.67. The molecule has 0 aliphatic carbocycles. The van der Waals surface area contributed by atoms with E-state index in [1.54, 1.807) is 23.7 Å². The minimum absolute atomic E-state index is 0.0835. The van der Waals surface area contributed by atoms with Crippen molar-refractivity contribution in [1.29, 1.82) is 0 Å². The third-order valence-corrected chi connectivity index (χ3v) is 5.31. The van der Waals surface area contributed by atoms with Gasteiger partial charge < -0.3 is 5.32 Å². The summed E-state index contributed by atoms with van der Waals surface area (Å²) in [6.45, 7) is 4.65. The van der Waals surface area contributed by atoms with Crippen LogP contribution >= 0.6 is 11.3 Å². The number of carbonyl (C=O) groups is 1. The predicted molar refractivity (Wildman–Crippen MR) is 96.0 cm³/mol. The quantitative estimate of drug-likeness (QED) is 0.785. The molecule has 0 bridgehead atoms. The van der Waals surface area contributed by atoms with Crippen molar-refractivity contribution in [3.8, 4) is 0 Å². The fourth-order valence-corrected chi connectivity index (χ4v) is 3.95. The third kappa shape index (κ3) is 4.39. The van der Waals surface area contributed by atoms with Gasteiger partial charge in [0.15, 0.2) is 0 Å². The molecule has 1 saturated heterocycles. The van der Waals surface area contributed by atoms with E-state index in [2.05, 4.69) is 25.6 Å². The fourth-order valence-electron chi connectivity index (χ4n) is 3.13. The lowest BCUT2D eigenvalue weighted by atomic mass is 10.1. The monoisotopic (exact) mass is 344 g/mol. The molecular formula is C18H24N4OS. The second-order valence-corrected chi connectivity index (χ2v) is 7.15. The van der Waals surface area contributed by atoms with Gasteiger partial charge in [-0.25, -0.2) is 4.98 Å². The lowest BCUT2D eigenvalue weighted by molar-refractivity contribution is -0.126. The zero-order valence-corrected chi connectivity index (χ0v) is 14.9. The van der Waals surface area contributed by atoms with E-state index in [0.29, 0.717) is 6.54 Å². The second-order valence-electron chi connectivity index (χ2n) is 6.21. The average molecular weight is 344 g/mol. The summed E-state index contributed by atoms with van der Waals surface area (Å²) in [7, 11) is 0. The lowest BCUT2D eigenvalue weighted by Gasteiger charge is -2.26. The number of nitrogens with zero attached hydrogens (tertiary/aromatic N) is 3. The number of aromatic nitrogens is 2. The first-order chi connectivity index (χ1) is 11.7. The zero-order chi connectivity index (χ0) is 16.8. The van der Waals surface area contributed by atoms with Crippen LogP contribution in [0.1, 0.15) is 41.6 Å². The summed E-state index contributed by atoms with van der Waals surface area (Å²) < 4.78 is 0. The highest BCUT2D eigenvalue weighted by Gasteiger charge is 2.29. The number of likely N-dealkylation sites (tertiary alicyclic amines) is 1. The van der Waals surface area contributed by atoms with Gasteiger partial charge in [0.25, 0.3) is 0 Å². The Morgan fingerprint density at radius 1 is 1.42 bits per heavy atom. The third-order valence-electron chi connectivity index (χ3n) is 4.29. The Balaban J connectivity index is 1.55. The van der Waals surface area contributed by atoms with Crippen molar-refractivity contribution in [3.05, 3.63) is 46.2 Å². The number of aryl methyl sites for hydroxylation is 2. The molecule has 6 heteroatoms. The van der Waals surface area contributed by atoms with Gasteiger partial charge in [-0.15, -0.1) is 11.3 Å². The van der Waals surface area contributed by atoms with Crippen LogP contribution < -0.4 is 5.32 Å². The van der Waals surface area contributed by atoms with Crippen LogP contribution in [-0.2, 0) is 11.2 Å². The fraction of sp³-hybridized carbons (Fsp3) is 0.500. The molecule has 0 saturated carbocycles. The summed E-state index contributed by atoms with van der Waals surface area (Å²) >= 11 is 1.69. The Morgan fingerprint density at radius 2 is 2.25 bits per heavy atom. The Hall–Kier alpha value is -1.79. The van der Waals surface area contributed by atoms with Crippen molar-refractivity contribution in [1.82, 2.24) is 20.2 Å². The van der Waals surface area contributed by atoms with Gasteiger partial charge in [0.2, 0.25) is 5.91 Å². The summed E-state index contributed by atoms with van der Waals surface area (Å²) in [5, 5.41) is 6.32. The maximum Gasteiger partial charge on any atom is 0.242 e. The smallest absolute Gasteiger partial charge is 0.242 e. The molecule has 1 amide bonds. The van der Waals surface area contributed by atoms with Crippen LogP contribution in [0.25, 0.3) is 0 Å². The van der Waals surface area contributed by atoms with Gasteiger partial charge in [-0.3, -0.25) is 14.7 Å². The highest BCUT2D eigenvalue weighted by Crippen LogP contribution is 2.24. The first-order valence-electron chi connectivity index (χ1n) is 8.57. The van der Waals surface area contributed by atoms with Crippen molar-refractivity contribution >= 4 is 17.2 Å². The highest BCUT2D eigenvalue weighted by molar-refractivity contribution is 7.09. The van der Waals surface area contributed by atoms with Crippen LogP contribution in [0.15, 0.2) is 29.9 Å². The van der Waals surface area contributed by atoms with Gasteiger partial charge in [0.1, 0.15) is 6.04 Å². The molecule has 24 heavy (non-hydrogen) atoms. The molecule has 2 aromatic heterocycles. The summed E-state index contributed by atoms with van der Waals surface area (Å²) in [5.74, 6) is 0.0835. The van der Waals surface area contributed by atoms with Crippen molar-refractivity contribution in [3.63, 3.8) is 0 Å². The van der Waals surface area contributed by atoms with Crippen LogP contribution in [-0.4, -0.2) is 40.4 Å². The normalized spacial score (nSPS) is 16.2. The van der Waals surface area contributed by atoms with Crippen LogP contribution in [0.2, 0.25) is 0 Å². The van der Waals surface area contributed by atoms with Crippen molar-refractivity contribution < 1.29 is 4.79 Å². The summed E-state index contributed by atoms with van der Waals surface area (Å²) in [5.41, 5.74) is 2.05. The van der Waals surface area contributed by atoms with E-state index in [-0.39, 0.29) is 11.9 Å². The largest absolute Gasteiger partial charge is 0.354 e. The SMILES string of the molecule is Cc1csc(CCCNC(=O)C(c2cccnc2)N2CCCC2)n1. The molecule has 0 radical (unpaired) electrons. The van der Waals surface area contributed by atoms with E-state index < -0.39 is 0 Å². The van der Waals surface area contributed by atoms with E-state index in [9.17, 15) is 4.79 Å². The van der Waals surface area contributed by atoms with Crippen molar-refractivity contribution in [2.24, 2.45) is 0 Å². The van der Waals surface area contributed by atoms with Crippen molar-refractivity contribution in [2.45, 2.75) is 38.6 Å². The molecule has 1 N–H and O–H groups in total. The molecule has 1 aliphatic rings. The number of amides is 1. The molecule has 3 heterocycles. The van der Waals surface area contributed by atoms with E-state index in [1.165, 1.54) is 0 Å². The highest BCUT2D eigenvalue weighted by atomic mass is 32.1. The average Bonchev–Trinajstić information content (AvgIpc) is 3.25. The standard InChI is InChI=1S/C18H24N4OS/c1-14-13-24-16(21-14)7-5-9-20-18(23)17(22-10-2-3-11-22)15-6-4-8-19-12-15/h4,6,8,12-13,17H,2-3,5,7,9-11H2,1H3,(H,20,23). The zero-order valence-electron chi connectivity index (χ0n) is 14.1. The lowest BCUT2D eigenvalue weighted by Crippen LogP contribution is -2.39. The number of hydrogen-bond donors (Lipinski definition) is 1. The van der Waals surface area contributed by atoms with E-state index in [1.807, 2.05) is 19.1 Å². The molecule has 1 unspecified atom stereocenters. The summed E-state index contributed by atoms with van der Waals surface area (Å²) in [4.78, 5) is 23.7. The number of thiazole rings is 1. The first kappa shape index (κ1) is 17.0. The Bertz CT molecular complexity index is 652. The number of nitrogens with one attached hydrogen (secondary N) is 1. The van der Waals surface area contributed by atoms with Crippen molar-refractivity contribution in [2.75, 3.05) is 19.6 Å². The van der Waals surface area contributed by atoms with E-state index in [0.717, 1.165) is 55.0 Å². The Kier molecular flexibility index (Phi) is 5.93. The molecule has 2 aromatic rings. The van der Waals surface area contributed by atoms with Gasteiger partial charge in [-0.1, -0.05) is 6.07 Å². The van der Waals surface area contributed by atoms with Crippen LogP contribution in [0.5, 0.6) is 0 Å². The van der Waals surface area contributed by atoms with Crippen LogP contribution in [0.3, 0.4) is 0 Å². The molecule has 3 rings (SSSR count). The summed E-state index contributed by atoms with van der Waals surface area (Å²) in [6.07, 6.45) is 7.71. The minimum atomic E-state index is -0.219. The van der Waals surface area contributed by atoms with Gasteiger partial charge in [0, 0.05) is 36.4 Å².